The van der Waals surface area contributed by atoms with Gasteiger partial charge >= 0.3 is 5.97 Å². The van der Waals surface area contributed by atoms with E-state index in [4.69, 9.17) is 4.74 Å². The first kappa shape index (κ1) is 61.7. The number of aryl methyl sites for hydroxylation is 3. The Morgan fingerprint density at radius 1 is 0.534 bits per heavy atom. The van der Waals surface area contributed by atoms with E-state index in [1.54, 1.807) is 7.11 Å². The predicted octanol–water partition coefficient (Wildman–Crippen LogP) is 17.4. The van der Waals surface area contributed by atoms with Crippen molar-refractivity contribution in [2.24, 2.45) is 11.8 Å². The number of phenols is 5. The van der Waals surface area contributed by atoms with Crippen LogP contribution in [0.4, 0.5) is 0 Å². The number of carbonyl (C=O) groups is 1. The van der Waals surface area contributed by atoms with E-state index in [9.17, 15) is 35.4 Å². The predicted molar refractivity (Wildman–Crippen MR) is 305 cm³/mol. The lowest BCUT2D eigenvalue weighted by Gasteiger charge is -2.16. The molecule has 0 amide bonds. The Hall–Kier alpha value is -5.63. The van der Waals surface area contributed by atoms with Crippen LogP contribution in [0.1, 0.15) is 209 Å². The molecule has 8 nitrogen and oxygen atoms in total. The van der Waals surface area contributed by atoms with Crippen molar-refractivity contribution < 1.29 is 40.2 Å². The average Bonchev–Trinajstić information content (AvgIpc) is 3.29. The Balaban J connectivity index is 1.51. The van der Waals surface area contributed by atoms with Crippen LogP contribution in [0.5, 0.6) is 34.5 Å². The number of phenolic OH excluding ortho intramolecular Hbond substituents is 4. The van der Waals surface area contributed by atoms with Crippen molar-refractivity contribution in [3.05, 3.63) is 139 Å². The Morgan fingerprint density at radius 2 is 1.00 bits per heavy atom. The van der Waals surface area contributed by atoms with Crippen molar-refractivity contribution in [3.63, 3.8) is 0 Å². The molecule has 402 valence electrons. The summed E-state index contributed by atoms with van der Waals surface area (Å²) in [4.78, 5) is 12.1. The van der Waals surface area contributed by atoms with Gasteiger partial charge in [0.1, 0.15) is 40.1 Å². The SMILES string of the molecule is CCCCCc1cc(O)c(C/C=C(\C)CC(C=C(C)C)CCCCCc2cc(O)c(C/C=C(\C)CC(C=C(C)C)CCCCCc3cc(O)c(C/C=C(\C)CCC=C(C)C)c(O)c3)c(OC)c2)c(O)c1C(=O)O. The molecule has 0 saturated carbocycles. The fraction of sp³-hybridized carbons (Fsp3) is 0.523. The van der Waals surface area contributed by atoms with E-state index in [0.29, 0.717) is 48.0 Å². The van der Waals surface area contributed by atoms with Gasteiger partial charge in [0.25, 0.3) is 0 Å². The zero-order valence-electron chi connectivity index (χ0n) is 46.9. The molecule has 0 aliphatic carbocycles. The molecule has 0 aliphatic rings. The summed E-state index contributed by atoms with van der Waals surface area (Å²) in [5, 5.41) is 64.5. The van der Waals surface area contributed by atoms with Crippen LogP contribution in [0.3, 0.4) is 0 Å². The highest BCUT2D eigenvalue weighted by atomic mass is 16.5. The average molecular weight is 1000 g/mol. The van der Waals surface area contributed by atoms with Crippen LogP contribution >= 0.6 is 0 Å². The molecule has 3 aromatic rings. The molecule has 0 fully saturated rings. The van der Waals surface area contributed by atoms with Crippen LogP contribution in [-0.2, 0) is 38.5 Å². The Bertz CT molecular complexity index is 2390. The topological polar surface area (TPSA) is 148 Å². The maximum atomic E-state index is 12.1. The minimum absolute atomic E-state index is 0.0631. The van der Waals surface area contributed by atoms with Crippen LogP contribution in [0.15, 0.2) is 100 Å². The van der Waals surface area contributed by atoms with E-state index in [0.717, 1.165) is 131 Å². The third kappa shape index (κ3) is 22.6. The van der Waals surface area contributed by atoms with Crippen molar-refractivity contribution in [2.45, 2.75) is 204 Å². The van der Waals surface area contributed by atoms with Crippen molar-refractivity contribution >= 4 is 5.97 Å². The molecule has 73 heavy (non-hydrogen) atoms. The number of aromatic carboxylic acids is 1. The largest absolute Gasteiger partial charge is 0.508 e. The second kappa shape index (κ2) is 32.5. The van der Waals surface area contributed by atoms with E-state index in [-0.39, 0.29) is 46.3 Å². The lowest BCUT2D eigenvalue weighted by Crippen LogP contribution is -2.06. The van der Waals surface area contributed by atoms with Gasteiger partial charge < -0.3 is 35.4 Å². The number of aromatic hydroxyl groups is 5. The van der Waals surface area contributed by atoms with E-state index < -0.39 is 5.97 Å². The van der Waals surface area contributed by atoms with E-state index >= 15 is 0 Å². The van der Waals surface area contributed by atoms with Crippen molar-refractivity contribution in [2.75, 3.05) is 7.11 Å². The molecule has 0 radical (unpaired) electrons. The number of allylic oxidation sites excluding steroid dienone is 12. The fourth-order valence-electron chi connectivity index (χ4n) is 9.99. The number of benzene rings is 3. The molecule has 3 rings (SSSR count). The second-order valence-electron chi connectivity index (χ2n) is 21.6. The number of methoxy groups -OCH3 is 1. The molecule has 2 atom stereocenters. The molecular formula is C65H94O8. The van der Waals surface area contributed by atoms with Gasteiger partial charge in [-0.15, -0.1) is 0 Å². The van der Waals surface area contributed by atoms with E-state index in [2.05, 4.69) is 106 Å². The van der Waals surface area contributed by atoms with Gasteiger partial charge in [0.15, 0.2) is 0 Å². The minimum Gasteiger partial charge on any atom is -0.508 e. The summed E-state index contributed by atoms with van der Waals surface area (Å²) in [5.74, 6) is 0.481. The summed E-state index contributed by atoms with van der Waals surface area (Å²) in [7, 11) is 1.67. The number of carboxylic acid groups (broad SMARTS) is 1. The van der Waals surface area contributed by atoms with Crippen molar-refractivity contribution in [3.8, 4) is 34.5 Å². The summed E-state index contributed by atoms with van der Waals surface area (Å²) in [6, 6.07) is 9.12. The summed E-state index contributed by atoms with van der Waals surface area (Å²) >= 11 is 0. The normalized spacial score (nSPS) is 12.9. The molecule has 0 aromatic heterocycles. The Kier molecular flexibility index (Phi) is 27.5. The number of unbranched alkanes of at least 4 members (excludes halogenated alkanes) is 6. The van der Waals surface area contributed by atoms with Gasteiger partial charge in [-0.3, -0.25) is 0 Å². The van der Waals surface area contributed by atoms with Crippen LogP contribution < -0.4 is 4.74 Å². The highest BCUT2D eigenvalue weighted by Crippen LogP contribution is 2.37. The van der Waals surface area contributed by atoms with Crippen LogP contribution in [0.2, 0.25) is 0 Å². The van der Waals surface area contributed by atoms with Gasteiger partial charge in [0.05, 0.1) is 7.11 Å². The van der Waals surface area contributed by atoms with Crippen LogP contribution in [-0.4, -0.2) is 43.7 Å². The van der Waals surface area contributed by atoms with Gasteiger partial charge in [0.2, 0.25) is 0 Å². The number of carboxylic acids is 1. The lowest BCUT2D eigenvalue weighted by molar-refractivity contribution is 0.0692. The van der Waals surface area contributed by atoms with E-state index in [1.807, 2.05) is 24.3 Å². The zero-order valence-corrected chi connectivity index (χ0v) is 46.9. The molecule has 2 unspecified atom stereocenters. The third-order valence-corrected chi connectivity index (χ3v) is 13.9. The highest BCUT2D eigenvalue weighted by Gasteiger charge is 2.22. The quantitative estimate of drug-likeness (QED) is 0.0261. The monoisotopic (exact) mass is 1000 g/mol. The third-order valence-electron chi connectivity index (χ3n) is 13.9. The fourth-order valence-corrected chi connectivity index (χ4v) is 9.99. The molecule has 0 spiro atoms. The maximum Gasteiger partial charge on any atom is 0.339 e. The smallest absolute Gasteiger partial charge is 0.339 e. The van der Waals surface area contributed by atoms with Crippen molar-refractivity contribution in [1.82, 2.24) is 0 Å². The highest BCUT2D eigenvalue weighted by molar-refractivity contribution is 5.93. The van der Waals surface area contributed by atoms with Crippen LogP contribution in [0.25, 0.3) is 0 Å². The molecule has 0 heterocycles. The van der Waals surface area contributed by atoms with E-state index in [1.165, 1.54) is 33.9 Å². The molecule has 6 N–H and O–H groups in total. The maximum absolute atomic E-state index is 12.1. The summed E-state index contributed by atoms with van der Waals surface area (Å²) < 4.78 is 5.83. The van der Waals surface area contributed by atoms with Crippen LogP contribution in [0, 0.1) is 11.8 Å². The van der Waals surface area contributed by atoms with Gasteiger partial charge in [-0.2, -0.15) is 0 Å². The number of hydrogen-bond donors (Lipinski definition) is 6. The molecular weight excluding hydrogens is 909 g/mol. The zero-order chi connectivity index (χ0) is 54.0. The molecule has 0 bridgehead atoms. The second-order valence-corrected chi connectivity index (χ2v) is 21.6. The molecule has 0 saturated heterocycles. The Labute approximate surface area is 441 Å². The van der Waals surface area contributed by atoms with Gasteiger partial charge in [-0.1, -0.05) is 115 Å². The number of hydrogen-bond acceptors (Lipinski definition) is 7. The molecule has 8 heteroatoms. The summed E-state index contributed by atoms with van der Waals surface area (Å²) in [6.07, 6.45) is 31.5. The summed E-state index contributed by atoms with van der Waals surface area (Å²) in [5.41, 5.74) is 11.6. The first-order chi connectivity index (χ1) is 34.7. The standard InChI is InChI=1S/C65H94O8/c1-12-13-16-28-54-43-61(69)57(64(70)63(54)65(71)72)34-31-49(10)38-51(36-46(6)7)25-18-15-20-27-53-41-60(68)56(62(42-53)73-11)33-30-48(9)37-50(35-45(4)5)24-17-14-19-26-52-39-58(66)55(59(67)40-52)32-29-47(8)23-21-22-44(2)3/h22,29-31,35-36,39-43,50-51,66-70H,12-21,23-28,32-34,37-38H2,1-11H3,(H,71,72)/b47-29+,48-30+,49-31+. The van der Waals surface area contributed by atoms with Gasteiger partial charge in [-0.05, 0) is 217 Å². The summed E-state index contributed by atoms with van der Waals surface area (Å²) in [6.45, 7) is 21.2. The number of rotatable bonds is 33. The first-order valence-electron chi connectivity index (χ1n) is 27.3. The van der Waals surface area contributed by atoms with Gasteiger partial charge in [-0.25, -0.2) is 4.79 Å². The number of ether oxygens (including phenoxy) is 1. The lowest BCUT2D eigenvalue weighted by atomic mass is 9.90. The minimum atomic E-state index is -1.18. The first-order valence-corrected chi connectivity index (χ1v) is 27.3. The molecule has 3 aromatic carbocycles. The van der Waals surface area contributed by atoms with Gasteiger partial charge in [0, 0.05) is 16.7 Å². The Morgan fingerprint density at radius 3 is 1.49 bits per heavy atom. The molecule has 0 aliphatic heterocycles. The van der Waals surface area contributed by atoms with Crippen molar-refractivity contribution in [1.29, 1.82) is 0 Å².